The minimum Gasteiger partial charge on any atom is -0.313 e. The van der Waals surface area contributed by atoms with Crippen LogP contribution >= 0.6 is 0 Å². The number of nitrogens with one attached hydrogen (secondary N) is 1. The van der Waals surface area contributed by atoms with Gasteiger partial charge in [0.25, 0.3) is 0 Å². The molecule has 0 fully saturated rings. The number of hydrogen-bond acceptors (Lipinski definition) is 2. The smallest absolute Gasteiger partial charge is 0.0237 e. The van der Waals surface area contributed by atoms with E-state index in [1.807, 2.05) is 0 Å². The van der Waals surface area contributed by atoms with Crippen molar-refractivity contribution in [3.8, 4) is 0 Å². The second-order valence-corrected chi connectivity index (χ2v) is 5.69. The van der Waals surface area contributed by atoms with E-state index in [-0.39, 0.29) is 0 Å². The zero-order valence-electron chi connectivity index (χ0n) is 12.5. The molecule has 1 aromatic rings. The molecule has 1 heterocycles. The molecule has 0 saturated heterocycles. The first-order valence-electron chi connectivity index (χ1n) is 7.86. The SMILES string of the molecule is CCCNC(CCC)CN1CCc2ccccc2C1. The summed E-state index contributed by atoms with van der Waals surface area (Å²) in [5.41, 5.74) is 3.08. The highest BCUT2D eigenvalue weighted by Crippen LogP contribution is 2.18. The van der Waals surface area contributed by atoms with E-state index in [0.29, 0.717) is 6.04 Å². The van der Waals surface area contributed by atoms with E-state index >= 15 is 0 Å². The van der Waals surface area contributed by atoms with Gasteiger partial charge >= 0.3 is 0 Å². The van der Waals surface area contributed by atoms with Gasteiger partial charge in [0.05, 0.1) is 0 Å². The lowest BCUT2D eigenvalue weighted by atomic mass is 9.99. The molecule has 1 unspecified atom stereocenters. The van der Waals surface area contributed by atoms with E-state index in [4.69, 9.17) is 0 Å². The molecule has 0 amide bonds. The largest absolute Gasteiger partial charge is 0.313 e. The maximum Gasteiger partial charge on any atom is 0.0237 e. The van der Waals surface area contributed by atoms with Crippen LogP contribution in [0.2, 0.25) is 0 Å². The molecular formula is C17H28N2. The normalized spacial score (nSPS) is 17.2. The number of benzene rings is 1. The van der Waals surface area contributed by atoms with Gasteiger partial charge in [-0.1, -0.05) is 44.5 Å². The van der Waals surface area contributed by atoms with Crippen LogP contribution in [0.1, 0.15) is 44.2 Å². The molecule has 2 nitrogen and oxygen atoms in total. The van der Waals surface area contributed by atoms with Gasteiger partial charge in [-0.2, -0.15) is 0 Å². The fourth-order valence-corrected chi connectivity index (χ4v) is 2.98. The molecule has 1 aromatic carbocycles. The van der Waals surface area contributed by atoms with Crippen molar-refractivity contribution in [2.45, 2.75) is 52.1 Å². The Labute approximate surface area is 118 Å². The third-order valence-electron chi connectivity index (χ3n) is 4.01. The highest BCUT2D eigenvalue weighted by molar-refractivity contribution is 5.29. The van der Waals surface area contributed by atoms with Gasteiger partial charge in [-0.3, -0.25) is 4.90 Å². The first kappa shape index (κ1) is 14.5. The second-order valence-electron chi connectivity index (χ2n) is 5.69. The maximum atomic E-state index is 3.70. The van der Waals surface area contributed by atoms with Crippen LogP contribution in [0.3, 0.4) is 0 Å². The maximum absolute atomic E-state index is 3.70. The zero-order chi connectivity index (χ0) is 13.5. The van der Waals surface area contributed by atoms with Crippen molar-refractivity contribution in [2.24, 2.45) is 0 Å². The van der Waals surface area contributed by atoms with Gasteiger partial charge in [0.2, 0.25) is 0 Å². The van der Waals surface area contributed by atoms with Gasteiger partial charge in [0.15, 0.2) is 0 Å². The number of fused-ring (bicyclic) bond motifs is 1. The predicted molar refractivity (Wildman–Crippen MR) is 82.4 cm³/mol. The standard InChI is InChI=1S/C17H28N2/c1-3-7-17(18-11-4-2)14-19-12-10-15-8-5-6-9-16(15)13-19/h5-6,8-9,17-18H,3-4,7,10-14H2,1-2H3. The van der Waals surface area contributed by atoms with E-state index in [1.165, 1.54) is 44.3 Å². The molecule has 1 aliphatic heterocycles. The van der Waals surface area contributed by atoms with Crippen molar-refractivity contribution in [1.82, 2.24) is 10.2 Å². The fourth-order valence-electron chi connectivity index (χ4n) is 2.98. The summed E-state index contributed by atoms with van der Waals surface area (Å²) in [6.45, 7) is 9.21. The van der Waals surface area contributed by atoms with Crippen molar-refractivity contribution in [2.75, 3.05) is 19.6 Å². The number of rotatable bonds is 7. The van der Waals surface area contributed by atoms with Crippen LogP contribution in [-0.4, -0.2) is 30.6 Å². The molecule has 0 radical (unpaired) electrons. The van der Waals surface area contributed by atoms with Crippen molar-refractivity contribution in [3.63, 3.8) is 0 Å². The summed E-state index contributed by atoms with van der Waals surface area (Å²) < 4.78 is 0. The third-order valence-corrected chi connectivity index (χ3v) is 4.01. The zero-order valence-corrected chi connectivity index (χ0v) is 12.5. The average molecular weight is 260 g/mol. The van der Waals surface area contributed by atoms with Crippen molar-refractivity contribution in [3.05, 3.63) is 35.4 Å². The molecule has 1 N–H and O–H groups in total. The van der Waals surface area contributed by atoms with E-state index in [1.54, 1.807) is 5.56 Å². The minimum atomic E-state index is 0.662. The van der Waals surface area contributed by atoms with Crippen LogP contribution in [0, 0.1) is 0 Å². The van der Waals surface area contributed by atoms with Crippen LogP contribution in [0.4, 0.5) is 0 Å². The van der Waals surface area contributed by atoms with Crippen LogP contribution < -0.4 is 5.32 Å². The van der Waals surface area contributed by atoms with Crippen LogP contribution in [0.15, 0.2) is 24.3 Å². The Morgan fingerprint density at radius 1 is 1.16 bits per heavy atom. The minimum absolute atomic E-state index is 0.662. The van der Waals surface area contributed by atoms with E-state index in [9.17, 15) is 0 Å². The Bertz CT molecular complexity index is 375. The molecule has 1 aliphatic rings. The summed E-state index contributed by atoms with van der Waals surface area (Å²) in [7, 11) is 0. The lowest BCUT2D eigenvalue weighted by molar-refractivity contribution is 0.219. The van der Waals surface area contributed by atoms with E-state index in [2.05, 4.69) is 48.3 Å². The molecule has 0 aromatic heterocycles. The van der Waals surface area contributed by atoms with Crippen LogP contribution in [0.5, 0.6) is 0 Å². The van der Waals surface area contributed by atoms with Gasteiger partial charge in [0, 0.05) is 25.7 Å². The van der Waals surface area contributed by atoms with Gasteiger partial charge in [-0.25, -0.2) is 0 Å². The van der Waals surface area contributed by atoms with Crippen molar-refractivity contribution < 1.29 is 0 Å². The Morgan fingerprint density at radius 3 is 2.68 bits per heavy atom. The lowest BCUT2D eigenvalue weighted by Crippen LogP contribution is -2.43. The molecule has 0 bridgehead atoms. The summed E-state index contributed by atoms with van der Waals surface area (Å²) in [4.78, 5) is 2.62. The second kappa shape index (κ2) is 7.66. The average Bonchev–Trinajstić information content (AvgIpc) is 2.45. The lowest BCUT2D eigenvalue weighted by Gasteiger charge is -2.32. The third kappa shape index (κ3) is 4.32. The molecule has 106 valence electrons. The molecular weight excluding hydrogens is 232 g/mol. The Kier molecular flexibility index (Phi) is 5.87. The molecule has 0 saturated carbocycles. The molecule has 1 atom stereocenters. The fraction of sp³-hybridized carbons (Fsp3) is 0.647. The predicted octanol–water partition coefficient (Wildman–Crippen LogP) is 3.21. The summed E-state index contributed by atoms with van der Waals surface area (Å²) in [5.74, 6) is 0. The van der Waals surface area contributed by atoms with Gasteiger partial charge in [0.1, 0.15) is 0 Å². The first-order chi connectivity index (χ1) is 9.33. The molecule has 0 spiro atoms. The van der Waals surface area contributed by atoms with Gasteiger partial charge in [-0.05, 0) is 36.9 Å². The summed E-state index contributed by atoms with van der Waals surface area (Å²) >= 11 is 0. The Morgan fingerprint density at radius 2 is 1.95 bits per heavy atom. The summed E-state index contributed by atoms with van der Waals surface area (Å²) in [5, 5.41) is 3.70. The van der Waals surface area contributed by atoms with E-state index < -0.39 is 0 Å². The Balaban J connectivity index is 1.88. The highest BCUT2D eigenvalue weighted by Gasteiger charge is 2.18. The number of hydrogen-bond donors (Lipinski definition) is 1. The molecule has 19 heavy (non-hydrogen) atoms. The highest BCUT2D eigenvalue weighted by atomic mass is 15.2. The molecule has 2 rings (SSSR count). The molecule has 2 heteroatoms. The quantitative estimate of drug-likeness (QED) is 0.810. The Hall–Kier alpha value is -0.860. The van der Waals surface area contributed by atoms with Crippen LogP contribution in [0.25, 0.3) is 0 Å². The summed E-state index contributed by atoms with van der Waals surface area (Å²) in [6, 6.07) is 9.56. The van der Waals surface area contributed by atoms with Gasteiger partial charge < -0.3 is 5.32 Å². The van der Waals surface area contributed by atoms with Crippen molar-refractivity contribution in [1.29, 1.82) is 0 Å². The first-order valence-corrected chi connectivity index (χ1v) is 7.86. The summed E-state index contributed by atoms with van der Waals surface area (Å²) in [6.07, 6.45) is 5.00. The van der Waals surface area contributed by atoms with Crippen molar-refractivity contribution >= 4 is 0 Å². The molecule has 0 aliphatic carbocycles. The van der Waals surface area contributed by atoms with E-state index in [0.717, 1.165) is 13.1 Å². The van der Waals surface area contributed by atoms with Crippen LogP contribution in [-0.2, 0) is 13.0 Å². The monoisotopic (exact) mass is 260 g/mol. The van der Waals surface area contributed by atoms with Gasteiger partial charge in [-0.15, -0.1) is 0 Å². The number of nitrogens with zero attached hydrogens (tertiary/aromatic N) is 1. The topological polar surface area (TPSA) is 15.3 Å².